The third kappa shape index (κ3) is 6.10. The number of anilines is 2. The Morgan fingerprint density at radius 1 is 1.00 bits per heavy atom. The standard InChI is InChI=1S/C23H27N3O3S/c1-16(2)24-22(28)15-17-7-9-18(10-8-17)25-21(27)11-12-23(29)26-13-14-30-20-6-4-3-5-19(20)26/h3-10,16H,11-15H2,1-2H3,(H,24,28)(H,25,27). The lowest BCUT2D eigenvalue weighted by molar-refractivity contribution is -0.122. The van der Waals surface area contributed by atoms with Crippen molar-refractivity contribution in [2.45, 2.75) is 44.0 Å². The molecular formula is C23H27N3O3S. The van der Waals surface area contributed by atoms with Crippen LogP contribution in [0.2, 0.25) is 0 Å². The van der Waals surface area contributed by atoms with E-state index in [4.69, 9.17) is 0 Å². The van der Waals surface area contributed by atoms with Crippen molar-refractivity contribution in [3.8, 4) is 0 Å². The Balaban J connectivity index is 1.48. The highest BCUT2D eigenvalue weighted by Gasteiger charge is 2.22. The molecule has 158 valence electrons. The molecule has 0 saturated carbocycles. The summed E-state index contributed by atoms with van der Waals surface area (Å²) >= 11 is 1.75. The largest absolute Gasteiger partial charge is 0.354 e. The number of para-hydroxylation sites is 1. The predicted octanol–water partition coefficient (Wildman–Crippen LogP) is 3.61. The number of carbonyl (C=O) groups excluding carboxylic acids is 3. The number of benzene rings is 2. The van der Waals surface area contributed by atoms with Crippen LogP contribution in [-0.4, -0.2) is 36.1 Å². The van der Waals surface area contributed by atoms with Gasteiger partial charge < -0.3 is 15.5 Å². The van der Waals surface area contributed by atoms with E-state index in [1.165, 1.54) is 0 Å². The summed E-state index contributed by atoms with van der Waals surface area (Å²) in [5.74, 6) is 0.590. The Hall–Kier alpha value is -2.80. The Morgan fingerprint density at radius 2 is 1.73 bits per heavy atom. The molecule has 0 aromatic heterocycles. The molecule has 0 bridgehead atoms. The molecule has 7 heteroatoms. The number of hydrogen-bond acceptors (Lipinski definition) is 4. The molecule has 30 heavy (non-hydrogen) atoms. The summed E-state index contributed by atoms with van der Waals surface area (Å²) in [7, 11) is 0. The SMILES string of the molecule is CC(C)NC(=O)Cc1ccc(NC(=O)CCC(=O)N2CCSc3ccccc32)cc1. The molecule has 6 nitrogen and oxygen atoms in total. The van der Waals surface area contributed by atoms with Crippen LogP contribution >= 0.6 is 11.8 Å². The van der Waals surface area contributed by atoms with Crippen molar-refractivity contribution in [2.75, 3.05) is 22.5 Å². The van der Waals surface area contributed by atoms with Gasteiger partial charge in [0.1, 0.15) is 0 Å². The molecule has 1 heterocycles. The summed E-state index contributed by atoms with van der Waals surface area (Å²) < 4.78 is 0. The van der Waals surface area contributed by atoms with Gasteiger partial charge >= 0.3 is 0 Å². The fourth-order valence-corrected chi connectivity index (χ4v) is 4.27. The molecule has 0 atom stereocenters. The third-order valence-corrected chi connectivity index (χ3v) is 5.69. The van der Waals surface area contributed by atoms with Gasteiger partial charge in [0.2, 0.25) is 17.7 Å². The lowest BCUT2D eigenvalue weighted by Crippen LogP contribution is -2.35. The van der Waals surface area contributed by atoms with E-state index in [0.29, 0.717) is 18.7 Å². The maximum atomic E-state index is 12.6. The predicted molar refractivity (Wildman–Crippen MR) is 121 cm³/mol. The van der Waals surface area contributed by atoms with Crippen molar-refractivity contribution in [3.63, 3.8) is 0 Å². The van der Waals surface area contributed by atoms with Gasteiger partial charge in [-0.3, -0.25) is 14.4 Å². The number of hydrogen-bond donors (Lipinski definition) is 2. The quantitative estimate of drug-likeness (QED) is 0.710. The third-order valence-electron chi connectivity index (χ3n) is 4.65. The zero-order valence-corrected chi connectivity index (χ0v) is 18.1. The van der Waals surface area contributed by atoms with Crippen LogP contribution in [0.4, 0.5) is 11.4 Å². The molecule has 1 aliphatic heterocycles. The first kappa shape index (κ1) is 21.9. The highest BCUT2D eigenvalue weighted by Crippen LogP contribution is 2.34. The van der Waals surface area contributed by atoms with Crippen molar-refractivity contribution in [3.05, 3.63) is 54.1 Å². The summed E-state index contributed by atoms with van der Waals surface area (Å²) in [4.78, 5) is 39.6. The minimum absolute atomic E-state index is 0.0296. The second-order valence-electron chi connectivity index (χ2n) is 7.51. The van der Waals surface area contributed by atoms with Gasteiger partial charge in [0, 0.05) is 41.8 Å². The maximum Gasteiger partial charge on any atom is 0.227 e. The lowest BCUT2D eigenvalue weighted by atomic mass is 10.1. The zero-order chi connectivity index (χ0) is 21.5. The van der Waals surface area contributed by atoms with Crippen molar-refractivity contribution in [2.24, 2.45) is 0 Å². The minimum Gasteiger partial charge on any atom is -0.354 e. The molecule has 0 aliphatic carbocycles. The van der Waals surface area contributed by atoms with Crippen molar-refractivity contribution >= 4 is 40.9 Å². The molecule has 2 aromatic carbocycles. The van der Waals surface area contributed by atoms with Crippen LogP contribution in [0.15, 0.2) is 53.4 Å². The monoisotopic (exact) mass is 425 g/mol. The molecule has 0 saturated heterocycles. The molecule has 0 spiro atoms. The first-order valence-electron chi connectivity index (χ1n) is 10.1. The summed E-state index contributed by atoms with van der Waals surface area (Å²) in [5.41, 5.74) is 2.46. The molecule has 0 unspecified atom stereocenters. The van der Waals surface area contributed by atoms with Gasteiger partial charge in [-0.1, -0.05) is 24.3 Å². The Labute approximate surface area is 181 Å². The molecule has 0 fully saturated rings. The molecule has 2 N–H and O–H groups in total. The van der Waals surface area contributed by atoms with Crippen LogP contribution in [0, 0.1) is 0 Å². The van der Waals surface area contributed by atoms with Gasteiger partial charge in [-0.05, 0) is 43.7 Å². The number of nitrogens with one attached hydrogen (secondary N) is 2. The molecule has 2 aromatic rings. The molecule has 3 rings (SSSR count). The summed E-state index contributed by atoms with van der Waals surface area (Å²) in [6.45, 7) is 4.50. The molecule has 3 amide bonds. The number of nitrogens with zero attached hydrogens (tertiary/aromatic N) is 1. The van der Waals surface area contributed by atoms with Gasteiger partial charge in [-0.15, -0.1) is 11.8 Å². The van der Waals surface area contributed by atoms with E-state index >= 15 is 0 Å². The lowest BCUT2D eigenvalue weighted by Gasteiger charge is -2.29. The molecule has 0 radical (unpaired) electrons. The first-order valence-corrected chi connectivity index (χ1v) is 11.1. The van der Waals surface area contributed by atoms with E-state index in [-0.39, 0.29) is 36.6 Å². The van der Waals surface area contributed by atoms with Crippen molar-refractivity contribution in [1.82, 2.24) is 5.32 Å². The average molecular weight is 426 g/mol. The second-order valence-corrected chi connectivity index (χ2v) is 8.64. The van der Waals surface area contributed by atoms with Gasteiger partial charge in [-0.2, -0.15) is 0 Å². The van der Waals surface area contributed by atoms with E-state index in [9.17, 15) is 14.4 Å². The fraction of sp³-hybridized carbons (Fsp3) is 0.348. The molecule has 1 aliphatic rings. The summed E-state index contributed by atoms with van der Waals surface area (Å²) in [6, 6.07) is 15.2. The van der Waals surface area contributed by atoms with Crippen LogP contribution in [0.25, 0.3) is 0 Å². The molecular weight excluding hydrogens is 398 g/mol. The summed E-state index contributed by atoms with van der Waals surface area (Å²) in [5, 5.41) is 5.67. The van der Waals surface area contributed by atoms with Gasteiger partial charge in [0.25, 0.3) is 0 Å². The van der Waals surface area contributed by atoms with E-state index in [0.717, 1.165) is 21.9 Å². The number of amides is 3. The van der Waals surface area contributed by atoms with Crippen LogP contribution in [-0.2, 0) is 20.8 Å². The normalized spacial score (nSPS) is 13.0. The highest BCUT2D eigenvalue weighted by molar-refractivity contribution is 7.99. The zero-order valence-electron chi connectivity index (χ0n) is 17.3. The van der Waals surface area contributed by atoms with Crippen LogP contribution in [0.3, 0.4) is 0 Å². The number of thioether (sulfide) groups is 1. The van der Waals surface area contributed by atoms with E-state index in [2.05, 4.69) is 10.6 Å². The van der Waals surface area contributed by atoms with Crippen LogP contribution in [0.1, 0.15) is 32.3 Å². The Kier molecular flexibility index (Phi) is 7.52. The van der Waals surface area contributed by atoms with E-state index < -0.39 is 0 Å². The Bertz CT molecular complexity index is 912. The summed E-state index contributed by atoms with van der Waals surface area (Å²) in [6.07, 6.45) is 0.595. The van der Waals surface area contributed by atoms with Crippen molar-refractivity contribution in [1.29, 1.82) is 0 Å². The van der Waals surface area contributed by atoms with Gasteiger partial charge in [0.15, 0.2) is 0 Å². The second kappa shape index (κ2) is 10.3. The number of fused-ring (bicyclic) bond motifs is 1. The number of carbonyl (C=O) groups is 3. The minimum atomic E-state index is -0.201. The van der Waals surface area contributed by atoms with E-state index in [1.807, 2.05) is 50.2 Å². The van der Waals surface area contributed by atoms with Gasteiger partial charge in [0.05, 0.1) is 12.1 Å². The topological polar surface area (TPSA) is 78.5 Å². The maximum absolute atomic E-state index is 12.6. The Morgan fingerprint density at radius 3 is 2.47 bits per heavy atom. The van der Waals surface area contributed by atoms with E-state index in [1.54, 1.807) is 28.8 Å². The fourth-order valence-electron chi connectivity index (χ4n) is 3.27. The van der Waals surface area contributed by atoms with Gasteiger partial charge in [-0.25, -0.2) is 0 Å². The number of rotatable bonds is 7. The average Bonchev–Trinajstić information content (AvgIpc) is 2.72. The van der Waals surface area contributed by atoms with Crippen LogP contribution < -0.4 is 15.5 Å². The highest BCUT2D eigenvalue weighted by atomic mass is 32.2. The smallest absolute Gasteiger partial charge is 0.227 e. The first-order chi connectivity index (χ1) is 14.4. The van der Waals surface area contributed by atoms with Crippen molar-refractivity contribution < 1.29 is 14.4 Å². The van der Waals surface area contributed by atoms with Crippen LogP contribution in [0.5, 0.6) is 0 Å².